The van der Waals surface area contributed by atoms with E-state index in [4.69, 9.17) is 4.74 Å². The van der Waals surface area contributed by atoms with Crippen molar-refractivity contribution in [2.45, 2.75) is 65.9 Å². The van der Waals surface area contributed by atoms with Gasteiger partial charge in [0.15, 0.2) is 0 Å². The molecule has 2 aliphatic rings. The lowest BCUT2D eigenvalue weighted by Crippen LogP contribution is -2.25. The zero-order valence-corrected chi connectivity index (χ0v) is 15.9. The van der Waals surface area contributed by atoms with Crippen LogP contribution < -0.4 is 0 Å². The standard InChI is InChI=1S/C22H35FO/c1-6-8-10-19(23)14-24-20-11-16(4)22(21-13-18(21)12-20)17(5)15(3)9-7-2/h6,8,10,16-18,20-22H,3,7,9,11-14H2,1-2,4-5H3. The van der Waals surface area contributed by atoms with E-state index in [2.05, 4.69) is 27.4 Å². The lowest BCUT2D eigenvalue weighted by Gasteiger charge is -2.31. The highest BCUT2D eigenvalue weighted by Gasteiger charge is 2.50. The SMILES string of the molecule is C=C(CCC)C(C)C1C(C)CC(OCC(F)=CC=CC)CC2CC21. The fraction of sp³-hybridized carbons (Fsp3) is 0.727. The van der Waals surface area contributed by atoms with Crippen LogP contribution in [0.15, 0.2) is 36.2 Å². The fourth-order valence-electron chi connectivity index (χ4n) is 4.71. The van der Waals surface area contributed by atoms with Gasteiger partial charge in [0.1, 0.15) is 5.83 Å². The van der Waals surface area contributed by atoms with Gasteiger partial charge in [0.2, 0.25) is 0 Å². The number of rotatable bonds is 8. The summed E-state index contributed by atoms with van der Waals surface area (Å²) in [5.74, 6) is 3.38. The summed E-state index contributed by atoms with van der Waals surface area (Å²) in [6, 6.07) is 0. The predicted octanol–water partition coefficient (Wildman–Crippen LogP) is 6.48. The van der Waals surface area contributed by atoms with Crippen LogP contribution in [0.2, 0.25) is 0 Å². The molecule has 0 spiro atoms. The number of hydrogen-bond acceptors (Lipinski definition) is 1. The molecule has 2 heteroatoms. The highest BCUT2D eigenvalue weighted by Crippen LogP contribution is 2.56. The molecule has 0 saturated heterocycles. The smallest absolute Gasteiger partial charge is 0.126 e. The number of hydrogen-bond donors (Lipinski definition) is 0. The first-order valence-electron chi connectivity index (χ1n) is 9.74. The molecular formula is C22H35FO. The predicted molar refractivity (Wildman–Crippen MR) is 100 cm³/mol. The van der Waals surface area contributed by atoms with Crippen molar-refractivity contribution in [2.24, 2.45) is 29.6 Å². The summed E-state index contributed by atoms with van der Waals surface area (Å²) >= 11 is 0. The largest absolute Gasteiger partial charge is 0.371 e. The van der Waals surface area contributed by atoms with E-state index in [9.17, 15) is 4.39 Å². The van der Waals surface area contributed by atoms with Gasteiger partial charge in [0.05, 0.1) is 12.7 Å². The summed E-state index contributed by atoms with van der Waals surface area (Å²) in [6.07, 6.45) is 11.1. The molecule has 136 valence electrons. The Labute approximate surface area is 148 Å². The van der Waals surface area contributed by atoms with Crippen molar-refractivity contribution in [3.05, 3.63) is 36.2 Å². The van der Waals surface area contributed by atoms with Crippen LogP contribution in [-0.4, -0.2) is 12.7 Å². The lowest BCUT2D eigenvalue weighted by atomic mass is 9.74. The lowest BCUT2D eigenvalue weighted by molar-refractivity contribution is 0.0343. The molecule has 2 rings (SSSR count). The third kappa shape index (κ3) is 5.05. The van der Waals surface area contributed by atoms with Crippen LogP contribution in [0.25, 0.3) is 0 Å². The second kappa shape index (κ2) is 8.99. The molecule has 0 N–H and O–H groups in total. The molecule has 0 aromatic heterocycles. The van der Waals surface area contributed by atoms with Gasteiger partial charge < -0.3 is 4.74 Å². The monoisotopic (exact) mass is 334 g/mol. The molecule has 0 bridgehead atoms. The molecule has 24 heavy (non-hydrogen) atoms. The van der Waals surface area contributed by atoms with Gasteiger partial charge in [-0.25, -0.2) is 4.39 Å². The van der Waals surface area contributed by atoms with Gasteiger partial charge in [0, 0.05) is 0 Å². The van der Waals surface area contributed by atoms with E-state index in [-0.39, 0.29) is 18.5 Å². The molecule has 0 radical (unpaired) electrons. The van der Waals surface area contributed by atoms with Gasteiger partial charge in [-0.05, 0) is 68.3 Å². The molecule has 2 saturated carbocycles. The zero-order chi connectivity index (χ0) is 17.7. The van der Waals surface area contributed by atoms with E-state index < -0.39 is 0 Å². The second-order valence-corrected chi connectivity index (χ2v) is 7.95. The van der Waals surface area contributed by atoms with Crippen LogP contribution >= 0.6 is 0 Å². The molecule has 6 unspecified atom stereocenters. The van der Waals surface area contributed by atoms with Gasteiger partial charge in [0.25, 0.3) is 0 Å². The quantitative estimate of drug-likeness (QED) is 0.365. The minimum Gasteiger partial charge on any atom is -0.371 e. The van der Waals surface area contributed by atoms with Crippen LogP contribution in [0.1, 0.15) is 59.8 Å². The molecule has 0 aromatic carbocycles. The normalized spacial score (nSPS) is 34.7. The van der Waals surface area contributed by atoms with Gasteiger partial charge in [-0.1, -0.05) is 51.5 Å². The number of fused-ring (bicyclic) bond motifs is 1. The summed E-state index contributed by atoms with van der Waals surface area (Å²) < 4.78 is 19.6. The summed E-state index contributed by atoms with van der Waals surface area (Å²) in [5.41, 5.74) is 1.42. The van der Waals surface area contributed by atoms with E-state index in [1.165, 1.54) is 24.5 Å². The first kappa shape index (κ1) is 19.4. The minimum absolute atomic E-state index is 0.113. The van der Waals surface area contributed by atoms with E-state index in [1.54, 1.807) is 6.08 Å². The molecule has 1 nitrogen and oxygen atoms in total. The van der Waals surface area contributed by atoms with Gasteiger partial charge in [-0.3, -0.25) is 0 Å². The molecule has 0 aromatic rings. The number of allylic oxidation sites excluding steroid dienone is 4. The molecule has 6 atom stereocenters. The van der Waals surface area contributed by atoms with Crippen molar-refractivity contribution >= 4 is 0 Å². The molecule has 0 amide bonds. The maximum Gasteiger partial charge on any atom is 0.126 e. The fourth-order valence-corrected chi connectivity index (χ4v) is 4.71. The minimum atomic E-state index is -0.182. The van der Waals surface area contributed by atoms with E-state index in [0.717, 1.165) is 37.0 Å². The van der Waals surface area contributed by atoms with Crippen molar-refractivity contribution < 1.29 is 9.13 Å². The van der Waals surface area contributed by atoms with Crippen LogP contribution in [0.3, 0.4) is 0 Å². The van der Waals surface area contributed by atoms with Crippen molar-refractivity contribution in [1.82, 2.24) is 0 Å². The Kier molecular flexibility index (Phi) is 7.28. The van der Waals surface area contributed by atoms with Gasteiger partial charge >= 0.3 is 0 Å². The Hall–Kier alpha value is -0.890. The summed E-state index contributed by atoms with van der Waals surface area (Å²) in [7, 11) is 0. The number of ether oxygens (including phenoxy) is 1. The maximum absolute atomic E-state index is 13.7. The molecule has 0 aliphatic heterocycles. The Bertz CT molecular complexity index is 478. The highest BCUT2D eigenvalue weighted by molar-refractivity contribution is 5.09. The van der Waals surface area contributed by atoms with Crippen molar-refractivity contribution in [1.29, 1.82) is 0 Å². The third-order valence-corrected chi connectivity index (χ3v) is 6.05. The van der Waals surface area contributed by atoms with Gasteiger partial charge in [-0.15, -0.1) is 0 Å². The average Bonchev–Trinajstić information content (AvgIpc) is 3.29. The molecule has 2 aliphatic carbocycles. The van der Waals surface area contributed by atoms with Crippen LogP contribution in [0, 0.1) is 29.6 Å². The maximum atomic E-state index is 13.7. The topological polar surface area (TPSA) is 9.23 Å². The van der Waals surface area contributed by atoms with Crippen molar-refractivity contribution in [3.8, 4) is 0 Å². The van der Waals surface area contributed by atoms with Crippen LogP contribution in [0.5, 0.6) is 0 Å². The second-order valence-electron chi connectivity index (χ2n) is 7.95. The third-order valence-electron chi connectivity index (χ3n) is 6.05. The van der Waals surface area contributed by atoms with Crippen molar-refractivity contribution in [3.63, 3.8) is 0 Å². The Balaban J connectivity index is 1.94. The Morgan fingerprint density at radius 2 is 2.08 bits per heavy atom. The number of halogens is 1. The molecule has 2 fully saturated rings. The average molecular weight is 335 g/mol. The summed E-state index contributed by atoms with van der Waals surface area (Å²) in [5, 5.41) is 0. The summed E-state index contributed by atoms with van der Waals surface area (Å²) in [4.78, 5) is 0. The van der Waals surface area contributed by atoms with Crippen LogP contribution in [0.4, 0.5) is 4.39 Å². The highest BCUT2D eigenvalue weighted by atomic mass is 19.1. The van der Waals surface area contributed by atoms with E-state index in [1.807, 2.05) is 13.0 Å². The van der Waals surface area contributed by atoms with E-state index >= 15 is 0 Å². The molecular weight excluding hydrogens is 299 g/mol. The summed E-state index contributed by atoms with van der Waals surface area (Å²) in [6.45, 7) is 13.3. The zero-order valence-electron chi connectivity index (χ0n) is 15.9. The van der Waals surface area contributed by atoms with E-state index in [0.29, 0.717) is 11.8 Å². The van der Waals surface area contributed by atoms with Gasteiger partial charge in [-0.2, -0.15) is 0 Å². The van der Waals surface area contributed by atoms with Crippen molar-refractivity contribution in [2.75, 3.05) is 6.61 Å². The Morgan fingerprint density at radius 1 is 1.33 bits per heavy atom. The Morgan fingerprint density at radius 3 is 2.75 bits per heavy atom. The molecule has 0 heterocycles. The first-order valence-corrected chi connectivity index (χ1v) is 9.74. The van der Waals surface area contributed by atoms with Crippen LogP contribution in [-0.2, 0) is 4.74 Å². The first-order chi connectivity index (χ1) is 11.5.